The molecule has 1 aliphatic rings. The Morgan fingerprint density at radius 1 is 1.48 bits per heavy atom. The molecule has 1 heterocycles. The van der Waals surface area contributed by atoms with Crippen LogP contribution in [-0.2, 0) is 14.8 Å². The van der Waals surface area contributed by atoms with Gasteiger partial charge < -0.3 is 4.90 Å². The van der Waals surface area contributed by atoms with Crippen LogP contribution in [0.1, 0.15) is 24.9 Å². The number of hydrogen-bond donors (Lipinski definition) is 0. The van der Waals surface area contributed by atoms with E-state index in [4.69, 9.17) is 11.6 Å². The van der Waals surface area contributed by atoms with Crippen LogP contribution in [0.3, 0.4) is 0 Å². The molecule has 1 aromatic rings. The van der Waals surface area contributed by atoms with Crippen molar-refractivity contribution in [3.05, 3.63) is 29.8 Å². The monoisotopic (exact) mass is 330 g/mol. The number of halogens is 1. The number of amides is 1. The number of carbonyl (C=O) groups is 1. The molecule has 0 radical (unpaired) electrons. The number of sulfonamides is 1. The van der Waals surface area contributed by atoms with Crippen molar-refractivity contribution in [3.8, 4) is 0 Å². The average Bonchev–Trinajstić information content (AvgIpc) is 2.84. The van der Waals surface area contributed by atoms with Crippen LogP contribution in [0.15, 0.2) is 24.3 Å². The summed E-state index contributed by atoms with van der Waals surface area (Å²) in [6.07, 6.45) is 0.646. The van der Waals surface area contributed by atoms with Crippen molar-refractivity contribution in [2.24, 2.45) is 0 Å². The van der Waals surface area contributed by atoms with Gasteiger partial charge in [0.1, 0.15) is 5.88 Å². The van der Waals surface area contributed by atoms with Gasteiger partial charge >= 0.3 is 0 Å². The number of benzene rings is 1. The molecule has 0 N–H and O–H groups in total. The summed E-state index contributed by atoms with van der Waals surface area (Å²) in [4.78, 5) is 13.2. The highest BCUT2D eigenvalue weighted by atomic mass is 35.5. The van der Waals surface area contributed by atoms with E-state index in [1.165, 1.54) is 4.31 Å². The third-order valence-corrected chi connectivity index (χ3v) is 5.93. The Labute approximate surface area is 130 Å². The molecule has 116 valence electrons. The normalized spacial score (nSPS) is 18.5. The van der Waals surface area contributed by atoms with E-state index in [9.17, 15) is 13.2 Å². The smallest absolute Gasteiger partial charge is 0.237 e. The fourth-order valence-electron chi connectivity index (χ4n) is 2.40. The van der Waals surface area contributed by atoms with E-state index in [-0.39, 0.29) is 23.6 Å². The molecule has 0 spiro atoms. The molecule has 0 bridgehead atoms. The molecular weight excluding hydrogens is 312 g/mol. The van der Waals surface area contributed by atoms with E-state index in [0.717, 1.165) is 5.56 Å². The lowest BCUT2D eigenvalue weighted by atomic mass is 10.1. The molecule has 0 saturated carbocycles. The van der Waals surface area contributed by atoms with Gasteiger partial charge in [-0.1, -0.05) is 12.1 Å². The van der Waals surface area contributed by atoms with Crippen molar-refractivity contribution >= 4 is 33.2 Å². The predicted molar refractivity (Wildman–Crippen MR) is 84.1 cm³/mol. The fourth-order valence-corrected chi connectivity index (χ4v) is 4.15. The SMILES string of the molecule is CC(c1cccc(N2CCCS2(=O)=O)c1)N(C)C(=O)CCl. The van der Waals surface area contributed by atoms with Crippen LogP contribution in [0, 0.1) is 0 Å². The lowest BCUT2D eigenvalue weighted by molar-refractivity contribution is -0.129. The van der Waals surface area contributed by atoms with Gasteiger partial charge in [0.15, 0.2) is 0 Å². The third-order valence-electron chi connectivity index (χ3n) is 3.83. The largest absolute Gasteiger partial charge is 0.338 e. The van der Waals surface area contributed by atoms with Crippen LogP contribution in [0.2, 0.25) is 0 Å². The summed E-state index contributed by atoms with van der Waals surface area (Å²) in [6.45, 7) is 2.40. The summed E-state index contributed by atoms with van der Waals surface area (Å²) in [7, 11) is -1.50. The maximum absolute atomic E-state index is 12.0. The lowest BCUT2D eigenvalue weighted by Crippen LogP contribution is -2.31. The maximum atomic E-state index is 12.0. The summed E-state index contributed by atoms with van der Waals surface area (Å²) in [6, 6.07) is 7.14. The number of rotatable bonds is 4. The second kappa shape index (κ2) is 6.23. The Kier molecular flexibility index (Phi) is 4.78. The highest BCUT2D eigenvalue weighted by molar-refractivity contribution is 7.93. The number of carbonyl (C=O) groups excluding carboxylic acids is 1. The van der Waals surface area contributed by atoms with Gasteiger partial charge in [-0.2, -0.15) is 0 Å². The summed E-state index contributed by atoms with van der Waals surface area (Å²) >= 11 is 5.57. The number of alkyl halides is 1. The average molecular weight is 331 g/mol. The molecule has 0 aromatic heterocycles. The number of hydrogen-bond acceptors (Lipinski definition) is 3. The van der Waals surface area contributed by atoms with Crippen molar-refractivity contribution < 1.29 is 13.2 Å². The molecule has 1 atom stereocenters. The van der Waals surface area contributed by atoms with Crippen molar-refractivity contribution in [1.29, 1.82) is 0 Å². The minimum absolute atomic E-state index is 0.0684. The number of nitrogens with zero attached hydrogens (tertiary/aromatic N) is 2. The molecule has 2 rings (SSSR count). The predicted octanol–water partition coefficient (Wildman–Crippen LogP) is 1.98. The molecule has 5 nitrogen and oxygen atoms in total. The van der Waals surface area contributed by atoms with E-state index in [1.807, 2.05) is 25.1 Å². The van der Waals surface area contributed by atoms with Gasteiger partial charge in [-0.15, -0.1) is 11.6 Å². The van der Waals surface area contributed by atoms with E-state index >= 15 is 0 Å². The van der Waals surface area contributed by atoms with Crippen LogP contribution in [-0.4, -0.2) is 44.5 Å². The molecule has 1 aromatic carbocycles. The molecule has 1 aliphatic heterocycles. The number of anilines is 1. The summed E-state index contributed by atoms with van der Waals surface area (Å²) in [5.41, 5.74) is 1.54. The Bertz CT molecular complexity index is 633. The van der Waals surface area contributed by atoms with Gasteiger partial charge in [-0.3, -0.25) is 9.10 Å². The zero-order valence-electron chi connectivity index (χ0n) is 12.1. The van der Waals surface area contributed by atoms with Gasteiger partial charge in [0.05, 0.1) is 17.5 Å². The Morgan fingerprint density at radius 3 is 2.76 bits per heavy atom. The second-order valence-electron chi connectivity index (χ2n) is 5.15. The fraction of sp³-hybridized carbons (Fsp3) is 0.500. The Morgan fingerprint density at radius 2 is 2.19 bits per heavy atom. The highest BCUT2D eigenvalue weighted by Gasteiger charge is 2.29. The van der Waals surface area contributed by atoms with Crippen LogP contribution in [0.4, 0.5) is 5.69 Å². The molecule has 1 amide bonds. The van der Waals surface area contributed by atoms with Gasteiger partial charge in [0.25, 0.3) is 0 Å². The van der Waals surface area contributed by atoms with Gasteiger partial charge in [0, 0.05) is 13.6 Å². The van der Waals surface area contributed by atoms with E-state index in [2.05, 4.69) is 0 Å². The zero-order valence-corrected chi connectivity index (χ0v) is 13.7. The first-order valence-electron chi connectivity index (χ1n) is 6.79. The van der Waals surface area contributed by atoms with Crippen molar-refractivity contribution in [2.75, 3.05) is 29.5 Å². The van der Waals surface area contributed by atoms with Crippen molar-refractivity contribution in [1.82, 2.24) is 4.90 Å². The summed E-state index contributed by atoms with van der Waals surface area (Å²) in [5.74, 6) is -0.0401. The molecule has 7 heteroatoms. The topological polar surface area (TPSA) is 57.7 Å². The minimum atomic E-state index is -3.19. The summed E-state index contributed by atoms with van der Waals surface area (Å²) in [5, 5.41) is 0. The first-order valence-corrected chi connectivity index (χ1v) is 8.93. The molecule has 1 saturated heterocycles. The molecule has 21 heavy (non-hydrogen) atoms. The van der Waals surface area contributed by atoms with Gasteiger partial charge in [-0.05, 0) is 31.0 Å². The summed E-state index contributed by atoms with van der Waals surface area (Å²) < 4.78 is 25.4. The maximum Gasteiger partial charge on any atom is 0.237 e. The zero-order chi connectivity index (χ0) is 15.6. The van der Waals surface area contributed by atoms with Gasteiger partial charge in [-0.25, -0.2) is 8.42 Å². The lowest BCUT2D eigenvalue weighted by Gasteiger charge is -2.26. The van der Waals surface area contributed by atoms with Crippen LogP contribution < -0.4 is 4.31 Å². The van der Waals surface area contributed by atoms with Crippen LogP contribution in [0.25, 0.3) is 0 Å². The highest BCUT2D eigenvalue weighted by Crippen LogP contribution is 2.28. The van der Waals surface area contributed by atoms with E-state index in [0.29, 0.717) is 18.7 Å². The first-order chi connectivity index (χ1) is 9.86. The minimum Gasteiger partial charge on any atom is -0.338 e. The quantitative estimate of drug-likeness (QED) is 0.793. The Hall–Kier alpha value is -1.27. The molecule has 1 unspecified atom stereocenters. The Balaban J connectivity index is 2.28. The second-order valence-corrected chi connectivity index (χ2v) is 7.43. The van der Waals surface area contributed by atoms with E-state index in [1.54, 1.807) is 18.0 Å². The van der Waals surface area contributed by atoms with Crippen molar-refractivity contribution in [2.45, 2.75) is 19.4 Å². The van der Waals surface area contributed by atoms with Crippen molar-refractivity contribution in [3.63, 3.8) is 0 Å². The van der Waals surface area contributed by atoms with Crippen LogP contribution >= 0.6 is 11.6 Å². The molecule has 0 aliphatic carbocycles. The molecule has 1 fully saturated rings. The first kappa shape index (κ1) is 16.1. The van der Waals surface area contributed by atoms with Crippen LogP contribution in [0.5, 0.6) is 0 Å². The third kappa shape index (κ3) is 3.32. The van der Waals surface area contributed by atoms with Gasteiger partial charge in [0.2, 0.25) is 15.9 Å². The molecular formula is C14H19ClN2O3S. The standard InChI is InChI=1S/C14H19ClN2O3S/c1-11(16(2)14(18)10-15)12-5-3-6-13(9-12)17-7-4-8-21(17,19)20/h3,5-6,9,11H,4,7-8,10H2,1-2H3. The van der Waals surface area contributed by atoms with E-state index < -0.39 is 10.0 Å².